The fourth-order valence-electron chi connectivity index (χ4n) is 2.37. The standard InChI is InChI=1S/C15H22N2O3/c1-4-13(16(5-2)6-3)11-15(18)12-7-9-14(10-8-12)17(19)20/h7-10,13H,4-6,11H2,1-3H3/t13-/m1/s1. The number of ketones is 1. The minimum atomic E-state index is -0.459. The van der Waals surface area contributed by atoms with Crippen LogP contribution in [0.25, 0.3) is 0 Å². The summed E-state index contributed by atoms with van der Waals surface area (Å²) in [6.45, 7) is 8.09. The third-order valence-corrected chi connectivity index (χ3v) is 3.62. The summed E-state index contributed by atoms with van der Waals surface area (Å²) in [5, 5.41) is 10.6. The summed E-state index contributed by atoms with van der Waals surface area (Å²) < 4.78 is 0. The predicted molar refractivity (Wildman–Crippen MR) is 79.0 cm³/mol. The number of rotatable bonds is 8. The topological polar surface area (TPSA) is 63.4 Å². The number of non-ortho nitro benzene ring substituents is 1. The van der Waals surface area contributed by atoms with E-state index in [1.807, 2.05) is 0 Å². The average Bonchev–Trinajstić information content (AvgIpc) is 2.47. The van der Waals surface area contributed by atoms with Crippen molar-refractivity contribution in [1.82, 2.24) is 4.90 Å². The van der Waals surface area contributed by atoms with Crippen LogP contribution in [0.4, 0.5) is 5.69 Å². The average molecular weight is 278 g/mol. The molecule has 1 aromatic carbocycles. The van der Waals surface area contributed by atoms with Crippen LogP contribution < -0.4 is 0 Å². The molecule has 0 N–H and O–H groups in total. The lowest BCUT2D eigenvalue weighted by Crippen LogP contribution is -2.36. The summed E-state index contributed by atoms with van der Waals surface area (Å²) >= 11 is 0. The number of hydrogen-bond donors (Lipinski definition) is 0. The van der Waals surface area contributed by atoms with Crippen LogP contribution in [0.1, 0.15) is 44.0 Å². The molecular formula is C15H22N2O3. The van der Waals surface area contributed by atoms with E-state index >= 15 is 0 Å². The fourth-order valence-corrected chi connectivity index (χ4v) is 2.37. The molecule has 0 amide bonds. The SMILES string of the molecule is CC[C@H](CC(=O)c1ccc([N+](=O)[O-])cc1)N(CC)CC. The summed E-state index contributed by atoms with van der Waals surface area (Å²) in [6.07, 6.45) is 1.37. The molecule has 1 aromatic rings. The Balaban J connectivity index is 2.76. The Morgan fingerprint density at radius 1 is 1.20 bits per heavy atom. The van der Waals surface area contributed by atoms with Crippen molar-refractivity contribution in [2.45, 2.75) is 39.7 Å². The highest BCUT2D eigenvalue weighted by molar-refractivity contribution is 5.96. The van der Waals surface area contributed by atoms with Crippen LogP contribution in [0.2, 0.25) is 0 Å². The zero-order valence-electron chi connectivity index (χ0n) is 12.3. The van der Waals surface area contributed by atoms with Gasteiger partial charge in [0.1, 0.15) is 0 Å². The normalized spacial score (nSPS) is 12.4. The molecule has 0 heterocycles. The van der Waals surface area contributed by atoms with E-state index < -0.39 is 4.92 Å². The number of hydrogen-bond acceptors (Lipinski definition) is 4. The van der Waals surface area contributed by atoms with Gasteiger partial charge in [-0.1, -0.05) is 20.8 Å². The molecule has 0 aliphatic heterocycles. The number of nitrogens with zero attached hydrogens (tertiary/aromatic N) is 2. The monoisotopic (exact) mass is 278 g/mol. The molecule has 0 aliphatic carbocycles. The van der Waals surface area contributed by atoms with Crippen LogP contribution >= 0.6 is 0 Å². The molecule has 1 atom stereocenters. The molecule has 5 nitrogen and oxygen atoms in total. The van der Waals surface area contributed by atoms with Gasteiger partial charge in [-0.05, 0) is 31.6 Å². The molecule has 0 unspecified atom stereocenters. The first-order chi connectivity index (χ1) is 9.53. The third-order valence-electron chi connectivity index (χ3n) is 3.62. The van der Waals surface area contributed by atoms with Gasteiger partial charge in [-0.2, -0.15) is 0 Å². The van der Waals surface area contributed by atoms with E-state index in [1.165, 1.54) is 24.3 Å². The van der Waals surface area contributed by atoms with E-state index in [-0.39, 0.29) is 17.5 Å². The Hall–Kier alpha value is -1.75. The lowest BCUT2D eigenvalue weighted by atomic mass is 10.0. The first-order valence-electron chi connectivity index (χ1n) is 7.05. The quantitative estimate of drug-likeness (QED) is 0.416. The highest BCUT2D eigenvalue weighted by atomic mass is 16.6. The van der Waals surface area contributed by atoms with E-state index in [4.69, 9.17) is 0 Å². The van der Waals surface area contributed by atoms with Crippen molar-refractivity contribution < 1.29 is 9.72 Å². The largest absolute Gasteiger partial charge is 0.300 e. The summed E-state index contributed by atoms with van der Waals surface area (Å²) in [5.41, 5.74) is 0.554. The van der Waals surface area contributed by atoms with Crippen LogP contribution in [0, 0.1) is 10.1 Å². The van der Waals surface area contributed by atoms with Gasteiger partial charge in [0.15, 0.2) is 5.78 Å². The first kappa shape index (κ1) is 16.3. The molecule has 0 fully saturated rings. The van der Waals surface area contributed by atoms with Crippen molar-refractivity contribution in [2.75, 3.05) is 13.1 Å². The Morgan fingerprint density at radius 3 is 2.15 bits per heavy atom. The highest BCUT2D eigenvalue weighted by Crippen LogP contribution is 2.16. The van der Waals surface area contributed by atoms with E-state index in [0.717, 1.165) is 19.5 Å². The van der Waals surface area contributed by atoms with Gasteiger partial charge >= 0.3 is 0 Å². The number of benzene rings is 1. The fraction of sp³-hybridized carbons (Fsp3) is 0.533. The van der Waals surface area contributed by atoms with Crippen LogP contribution in [-0.4, -0.2) is 34.7 Å². The Labute approximate surface area is 119 Å². The van der Waals surface area contributed by atoms with Crippen LogP contribution in [-0.2, 0) is 0 Å². The van der Waals surface area contributed by atoms with Crippen LogP contribution in [0.3, 0.4) is 0 Å². The smallest absolute Gasteiger partial charge is 0.269 e. The summed E-state index contributed by atoms with van der Waals surface area (Å²) in [5.74, 6) is 0.0404. The molecule has 110 valence electrons. The molecule has 0 aliphatic rings. The second-order valence-electron chi connectivity index (χ2n) is 4.71. The molecule has 0 aromatic heterocycles. The maximum atomic E-state index is 12.2. The minimum absolute atomic E-state index is 0.0114. The number of nitro groups is 1. The van der Waals surface area contributed by atoms with Crippen molar-refractivity contribution in [2.24, 2.45) is 0 Å². The zero-order chi connectivity index (χ0) is 15.1. The van der Waals surface area contributed by atoms with Crippen molar-refractivity contribution in [3.8, 4) is 0 Å². The van der Waals surface area contributed by atoms with E-state index in [0.29, 0.717) is 12.0 Å². The molecule has 0 saturated heterocycles. The summed E-state index contributed by atoms with van der Waals surface area (Å²) in [7, 11) is 0. The molecule has 0 spiro atoms. The maximum absolute atomic E-state index is 12.2. The lowest BCUT2D eigenvalue weighted by molar-refractivity contribution is -0.384. The molecule has 0 bridgehead atoms. The van der Waals surface area contributed by atoms with Gasteiger partial charge in [0.2, 0.25) is 0 Å². The number of nitro benzene ring substituents is 1. The minimum Gasteiger partial charge on any atom is -0.300 e. The van der Waals surface area contributed by atoms with Gasteiger partial charge in [0, 0.05) is 30.2 Å². The van der Waals surface area contributed by atoms with Gasteiger partial charge in [-0.25, -0.2) is 0 Å². The summed E-state index contributed by atoms with van der Waals surface area (Å²) in [6, 6.07) is 6.06. The van der Waals surface area contributed by atoms with Crippen molar-refractivity contribution in [3.05, 3.63) is 39.9 Å². The zero-order valence-corrected chi connectivity index (χ0v) is 12.3. The van der Waals surface area contributed by atoms with Gasteiger partial charge in [-0.15, -0.1) is 0 Å². The van der Waals surface area contributed by atoms with Gasteiger partial charge in [0.05, 0.1) is 4.92 Å². The second-order valence-corrected chi connectivity index (χ2v) is 4.71. The molecule has 20 heavy (non-hydrogen) atoms. The van der Waals surface area contributed by atoms with E-state index in [1.54, 1.807) is 0 Å². The molecule has 0 saturated carbocycles. The van der Waals surface area contributed by atoms with Gasteiger partial charge in [0.25, 0.3) is 5.69 Å². The Morgan fingerprint density at radius 2 is 1.75 bits per heavy atom. The maximum Gasteiger partial charge on any atom is 0.269 e. The van der Waals surface area contributed by atoms with Crippen LogP contribution in [0.5, 0.6) is 0 Å². The van der Waals surface area contributed by atoms with Crippen molar-refractivity contribution in [3.63, 3.8) is 0 Å². The molecular weight excluding hydrogens is 256 g/mol. The third kappa shape index (κ3) is 4.13. The first-order valence-corrected chi connectivity index (χ1v) is 7.05. The van der Waals surface area contributed by atoms with Gasteiger partial charge in [-0.3, -0.25) is 14.9 Å². The Bertz CT molecular complexity index is 453. The van der Waals surface area contributed by atoms with E-state index in [9.17, 15) is 14.9 Å². The number of carbonyl (C=O) groups excluding carboxylic acids is 1. The number of carbonyl (C=O) groups is 1. The second kappa shape index (κ2) is 7.75. The van der Waals surface area contributed by atoms with Crippen molar-refractivity contribution in [1.29, 1.82) is 0 Å². The van der Waals surface area contributed by atoms with Crippen LogP contribution in [0.15, 0.2) is 24.3 Å². The Kier molecular flexibility index (Phi) is 6.31. The van der Waals surface area contributed by atoms with E-state index in [2.05, 4.69) is 25.7 Å². The predicted octanol–water partition coefficient (Wildman–Crippen LogP) is 3.29. The van der Waals surface area contributed by atoms with Crippen molar-refractivity contribution >= 4 is 11.5 Å². The molecule has 5 heteroatoms. The lowest BCUT2D eigenvalue weighted by Gasteiger charge is -2.28. The molecule has 1 rings (SSSR count). The molecule has 0 radical (unpaired) electrons. The summed E-state index contributed by atoms with van der Waals surface area (Å²) in [4.78, 5) is 24.6. The van der Waals surface area contributed by atoms with Gasteiger partial charge < -0.3 is 4.90 Å². The highest BCUT2D eigenvalue weighted by Gasteiger charge is 2.19. The number of Topliss-reactive ketones (excluding diaryl/α,β-unsaturated/α-hetero) is 1.